The molecule has 0 saturated heterocycles. The molecule has 0 amide bonds. The quantitative estimate of drug-likeness (QED) is 0.409. The highest BCUT2D eigenvalue weighted by Crippen LogP contribution is 2.25. The van der Waals surface area contributed by atoms with Crippen LogP contribution < -0.4 is 5.32 Å². The number of allylic oxidation sites excluding steroid dienone is 2. The molecule has 1 unspecified atom stereocenters. The second-order valence-electron chi connectivity index (χ2n) is 2.16. The first-order valence-corrected chi connectivity index (χ1v) is 4.72. The van der Waals surface area contributed by atoms with Crippen LogP contribution in [0.1, 0.15) is 6.92 Å². The zero-order valence-electron chi connectivity index (χ0n) is 5.86. The van der Waals surface area contributed by atoms with Gasteiger partial charge in [0.1, 0.15) is 4.95 Å². The molecule has 0 aliphatic carbocycles. The van der Waals surface area contributed by atoms with Crippen molar-refractivity contribution in [2.24, 2.45) is 0 Å². The van der Waals surface area contributed by atoms with Crippen LogP contribution in [0.25, 0.3) is 4.85 Å². The molecular formula is C7H6Br2N2. The lowest BCUT2D eigenvalue weighted by Gasteiger charge is -2.18. The predicted octanol–water partition coefficient (Wildman–Crippen LogP) is 2.74. The number of rotatable bonds is 0. The number of nitrogens with zero attached hydrogens (tertiary/aromatic N) is 1. The van der Waals surface area contributed by atoms with E-state index in [9.17, 15) is 0 Å². The standard InChI is InChI=1S/C7H6Br2N2/c1-4-6(10-2)3-5(8)7(9)11-4/h3,7,11H,1H3. The Balaban J connectivity index is 2.99. The van der Waals surface area contributed by atoms with Crippen LogP contribution in [0.15, 0.2) is 22.0 Å². The van der Waals surface area contributed by atoms with Crippen LogP contribution in [0.3, 0.4) is 0 Å². The summed E-state index contributed by atoms with van der Waals surface area (Å²) < 4.78 is 0.953. The van der Waals surface area contributed by atoms with Gasteiger partial charge < -0.3 is 5.32 Å². The molecule has 1 atom stereocenters. The number of alkyl halides is 1. The molecule has 0 aromatic carbocycles. The van der Waals surface area contributed by atoms with E-state index in [-0.39, 0.29) is 4.95 Å². The number of hydrogen-bond acceptors (Lipinski definition) is 1. The van der Waals surface area contributed by atoms with Gasteiger partial charge in [-0.15, -0.1) is 0 Å². The van der Waals surface area contributed by atoms with Gasteiger partial charge in [0.25, 0.3) is 0 Å². The van der Waals surface area contributed by atoms with Crippen molar-refractivity contribution in [2.75, 3.05) is 0 Å². The first-order chi connectivity index (χ1) is 5.15. The highest BCUT2D eigenvalue weighted by atomic mass is 79.9. The Labute approximate surface area is 82.4 Å². The molecule has 1 aliphatic rings. The number of nitrogens with one attached hydrogen (secondary N) is 1. The maximum Gasteiger partial charge on any atom is 0.206 e. The fourth-order valence-electron chi connectivity index (χ4n) is 0.761. The van der Waals surface area contributed by atoms with E-state index >= 15 is 0 Å². The molecule has 0 aromatic heterocycles. The van der Waals surface area contributed by atoms with Gasteiger partial charge in [-0.05, 0) is 13.0 Å². The summed E-state index contributed by atoms with van der Waals surface area (Å²) in [7, 11) is 0. The molecule has 0 aromatic rings. The molecule has 0 fully saturated rings. The van der Waals surface area contributed by atoms with Crippen LogP contribution >= 0.6 is 31.9 Å². The highest BCUT2D eigenvalue weighted by molar-refractivity contribution is 9.14. The molecule has 0 saturated carbocycles. The van der Waals surface area contributed by atoms with E-state index < -0.39 is 0 Å². The largest absolute Gasteiger partial charge is 0.381 e. The van der Waals surface area contributed by atoms with Crippen LogP contribution in [0, 0.1) is 6.57 Å². The summed E-state index contributed by atoms with van der Waals surface area (Å²) in [6, 6.07) is 0. The van der Waals surface area contributed by atoms with E-state index in [4.69, 9.17) is 6.57 Å². The van der Waals surface area contributed by atoms with Crippen molar-refractivity contribution in [3.63, 3.8) is 0 Å². The SMILES string of the molecule is [C-]#[N+]C1=C(C)NC(Br)C(Br)=C1. The second kappa shape index (κ2) is 3.42. The van der Waals surface area contributed by atoms with Crippen molar-refractivity contribution in [1.29, 1.82) is 0 Å². The zero-order chi connectivity index (χ0) is 8.43. The molecule has 58 valence electrons. The summed E-state index contributed by atoms with van der Waals surface area (Å²) >= 11 is 6.72. The smallest absolute Gasteiger partial charge is 0.206 e. The van der Waals surface area contributed by atoms with E-state index in [0.717, 1.165) is 10.2 Å². The summed E-state index contributed by atoms with van der Waals surface area (Å²) in [4.78, 5) is 3.46. The molecule has 0 bridgehead atoms. The molecule has 1 heterocycles. The molecule has 0 spiro atoms. The third-order valence-corrected chi connectivity index (χ3v) is 3.39. The lowest BCUT2D eigenvalue weighted by molar-refractivity contribution is 0.838. The molecule has 11 heavy (non-hydrogen) atoms. The third kappa shape index (κ3) is 1.85. The van der Waals surface area contributed by atoms with Crippen molar-refractivity contribution in [1.82, 2.24) is 5.32 Å². The van der Waals surface area contributed by atoms with E-state index in [1.54, 1.807) is 0 Å². The average Bonchev–Trinajstić information content (AvgIpc) is 1.97. The Morgan fingerprint density at radius 3 is 2.91 bits per heavy atom. The monoisotopic (exact) mass is 276 g/mol. The minimum Gasteiger partial charge on any atom is -0.381 e. The Bertz CT molecular complexity index is 273. The van der Waals surface area contributed by atoms with Gasteiger partial charge in [-0.1, -0.05) is 31.9 Å². The lowest BCUT2D eigenvalue weighted by atomic mass is 10.2. The van der Waals surface area contributed by atoms with Crippen LogP contribution in [0.2, 0.25) is 0 Å². The van der Waals surface area contributed by atoms with Crippen LogP contribution in [0.5, 0.6) is 0 Å². The molecule has 1 rings (SSSR count). The van der Waals surface area contributed by atoms with Gasteiger partial charge in [0.05, 0.1) is 6.57 Å². The van der Waals surface area contributed by atoms with Gasteiger partial charge in [0, 0.05) is 10.2 Å². The minimum atomic E-state index is 0.105. The van der Waals surface area contributed by atoms with E-state index in [0.29, 0.717) is 5.70 Å². The Hall–Kier alpha value is -0.270. The summed E-state index contributed by atoms with van der Waals surface area (Å²) in [6.45, 7) is 8.72. The first kappa shape index (κ1) is 8.82. The normalized spacial score (nSPS) is 23.8. The maximum absolute atomic E-state index is 6.83. The van der Waals surface area contributed by atoms with Gasteiger partial charge in [-0.3, -0.25) is 0 Å². The van der Waals surface area contributed by atoms with Crippen molar-refractivity contribution in [3.8, 4) is 0 Å². The average molecular weight is 278 g/mol. The van der Waals surface area contributed by atoms with E-state index in [1.807, 2.05) is 13.0 Å². The van der Waals surface area contributed by atoms with Crippen molar-refractivity contribution >= 4 is 31.9 Å². The lowest BCUT2D eigenvalue weighted by Crippen LogP contribution is -2.25. The van der Waals surface area contributed by atoms with Gasteiger partial charge in [-0.2, -0.15) is 0 Å². The fraction of sp³-hybridized carbons (Fsp3) is 0.286. The number of hydrogen-bond donors (Lipinski definition) is 1. The molecule has 2 nitrogen and oxygen atoms in total. The number of halogens is 2. The van der Waals surface area contributed by atoms with Crippen LogP contribution in [-0.4, -0.2) is 4.95 Å². The summed E-state index contributed by atoms with van der Waals surface area (Å²) in [5.74, 6) is 0. The minimum absolute atomic E-state index is 0.105. The Morgan fingerprint density at radius 1 is 1.73 bits per heavy atom. The predicted molar refractivity (Wildman–Crippen MR) is 52.2 cm³/mol. The van der Waals surface area contributed by atoms with Crippen molar-refractivity contribution in [3.05, 3.63) is 33.4 Å². The van der Waals surface area contributed by atoms with Crippen LogP contribution in [-0.2, 0) is 0 Å². The molecule has 1 N–H and O–H groups in total. The van der Waals surface area contributed by atoms with Gasteiger partial charge in [0.15, 0.2) is 0 Å². The highest BCUT2D eigenvalue weighted by Gasteiger charge is 2.15. The summed E-state index contributed by atoms with van der Waals surface area (Å²) in [6.07, 6.45) is 1.82. The van der Waals surface area contributed by atoms with Crippen LogP contribution in [0.4, 0.5) is 0 Å². The van der Waals surface area contributed by atoms with Gasteiger partial charge >= 0.3 is 0 Å². The first-order valence-electron chi connectivity index (χ1n) is 3.01. The zero-order valence-corrected chi connectivity index (χ0v) is 9.03. The van der Waals surface area contributed by atoms with E-state index in [2.05, 4.69) is 42.0 Å². The van der Waals surface area contributed by atoms with Gasteiger partial charge in [0.2, 0.25) is 5.70 Å². The molecule has 1 aliphatic heterocycles. The van der Waals surface area contributed by atoms with E-state index in [1.165, 1.54) is 0 Å². The fourth-order valence-corrected chi connectivity index (χ4v) is 1.57. The molecule has 4 heteroatoms. The Kier molecular flexibility index (Phi) is 2.74. The second-order valence-corrected chi connectivity index (χ2v) is 3.99. The topological polar surface area (TPSA) is 16.4 Å². The molecule has 0 radical (unpaired) electrons. The Morgan fingerprint density at radius 2 is 2.36 bits per heavy atom. The maximum atomic E-state index is 6.83. The third-order valence-electron chi connectivity index (χ3n) is 1.36. The molecular weight excluding hydrogens is 272 g/mol. The van der Waals surface area contributed by atoms with Crippen molar-refractivity contribution < 1.29 is 0 Å². The summed E-state index contributed by atoms with van der Waals surface area (Å²) in [5, 5.41) is 3.10. The van der Waals surface area contributed by atoms with Crippen molar-refractivity contribution in [2.45, 2.75) is 11.9 Å². The van der Waals surface area contributed by atoms with Gasteiger partial charge in [-0.25, -0.2) is 4.85 Å². The summed E-state index contributed by atoms with van der Waals surface area (Å²) in [5.41, 5.74) is 1.57. The number of dihydropyridines is 1.